The Bertz CT molecular complexity index is 1260. The van der Waals surface area contributed by atoms with Gasteiger partial charge in [-0.2, -0.15) is 4.31 Å². The van der Waals surface area contributed by atoms with Gasteiger partial charge in [-0.15, -0.1) is 0 Å². The molecule has 192 valence electrons. The second kappa shape index (κ2) is 11.3. The fourth-order valence-electron chi connectivity index (χ4n) is 4.12. The number of ether oxygens (including phenoxy) is 3. The SMILES string of the molecule is COc1ccc2c(c1)OC[C@H](Cc1ccc(OCCN(C)C)cc1)N(S(=O)(=O)c1ccc(C)cc1)C2. The molecule has 3 aromatic rings. The van der Waals surface area contributed by atoms with E-state index in [1.807, 2.05) is 75.6 Å². The Balaban J connectivity index is 1.61. The summed E-state index contributed by atoms with van der Waals surface area (Å²) in [6.45, 7) is 3.82. The van der Waals surface area contributed by atoms with E-state index in [1.54, 1.807) is 23.5 Å². The van der Waals surface area contributed by atoms with Gasteiger partial charge in [0.2, 0.25) is 10.0 Å². The first-order valence-corrected chi connectivity index (χ1v) is 13.4. The van der Waals surface area contributed by atoms with E-state index in [0.717, 1.165) is 29.0 Å². The van der Waals surface area contributed by atoms with Gasteiger partial charge in [-0.1, -0.05) is 35.9 Å². The summed E-state index contributed by atoms with van der Waals surface area (Å²) in [5, 5.41) is 0. The number of hydrogen-bond acceptors (Lipinski definition) is 6. The van der Waals surface area contributed by atoms with Crippen molar-refractivity contribution >= 4 is 10.0 Å². The highest BCUT2D eigenvalue weighted by Crippen LogP contribution is 2.33. The van der Waals surface area contributed by atoms with E-state index < -0.39 is 16.1 Å². The van der Waals surface area contributed by atoms with Crippen molar-refractivity contribution < 1.29 is 22.6 Å². The lowest BCUT2D eigenvalue weighted by Gasteiger charge is -2.28. The molecule has 1 atom stereocenters. The van der Waals surface area contributed by atoms with Gasteiger partial charge in [-0.3, -0.25) is 0 Å². The molecule has 0 aromatic heterocycles. The van der Waals surface area contributed by atoms with Crippen molar-refractivity contribution in [1.82, 2.24) is 9.21 Å². The number of aryl methyl sites for hydroxylation is 1. The van der Waals surface area contributed by atoms with Crippen LogP contribution < -0.4 is 14.2 Å². The van der Waals surface area contributed by atoms with Gasteiger partial charge in [0.1, 0.15) is 30.5 Å². The van der Waals surface area contributed by atoms with E-state index in [0.29, 0.717) is 24.5 Å². The van der Waals surface area contributed by atoms with Crippen LogP contribution >= 0.6 is 0 Å². The smallest absolute Gasteiger partial charge is 0.243 e. The molecule has 7 nitrogen and oxygen atoms in total. The fraction of sp³-hybridized carbons (Fsp3) is 0.357. The van der Waals surface area contributed by atoms with Crippen LogP contribution in [0.3, 0.4) is 0 Å². The number of rotatable bonds is 9. The van der Waals surface area contributed by atoms with Gasteiger partial charge >= 0.3 is 0 Å². The first kappa shape index (κ1) is 26.0. The molecule has 3 aromatic carbocycles. The van der Waals surface area contributed by atoms with E-state index >= 15 is 0 Å². The number of benzene rings is 3. The van der Waals surface area contributed by atoms with Crippen LogP contribution in [0.5, 0.6) is 17.2 Å². The van der Waals surface area contributed by atoms with Gasteiger partial charge in [0.05, 0.1) is 18.0 Å². The lowest BCUT2D eigenvalue weighted by atomic mass is 10.1. The van der Waals surface area contributed by atoms with Crippen molar-refractivity contribution in [2.45, 2.75) is 30.8 Å². The molecule has 1 aliphatic rings. The first-order chi connectivity index (χ1) is 17.3. The third kappa shape index (κ3) is 6.19. The maximum atomic E-state index is 13.8. The van der Waals surface area contributed by atoms with Gasteiger partial charge in [0, 0.05) is 24.7 Å². The number of nitrogens with zero attached hydrogens (tertiary/aromatic N) is 2. The van der Waals surface area contributed by atoms with Crippen molar-refractivity contribution in [2.24, 2.45) is 0 Å². The van der Waals surface area contributed by atoms with E-state index in [1.165, 1.54) is 0 Å². The second-order valence-electron chi connectivity index (χ2n) is 9.30. The average molecular weight is 511 g/mol. The molecule has 0 spiro atoms. The van der Waals surface area contributed by atoms with Crippen LogP contribution in [0.4, 0.5) is 0 Å². The third-order valence-electron chi connectivity index (χ3n) is 6.27. The first-order valence-electron chi connectivity index (χ1n) is 12.0. The van der Waals surface area contributed by atoms with Gasteiger partial charge in [0.25, 0.3) is 0 Å². The maximum absolute atomic E-state index is 13.8. The molecule has 0 fully saturated rings. The van der Waals surface area contributed by atoms with Crippen LogP contribution in [0, 0.1) is 6.92 Å². The number of hydrogen-bond donors (Lipinski definition) is 0. The predicted molar refractivity (Wildman–Crippen MR) is 140 cm³/mol. The van der Waals surface area contributed by atoms with Crippen molar-refractivity contribution in [3.05, 3.63) is 83.4 Å². The summed E-state index contributed by atoms with van der Waals surface area (Å²) in [4.78, 5) is 2.34. The molecule has 36 heavy (non-hydrogen) atoms. The van der Waals surface area contributed by atoms with Crippen LogP contribution in [0.1, 0.15) is 16.7 Å². The monoisotopic (exact) mass is 510 g/mol. The largest absolute Gasteiger partial charge is 0.497 e. The Morgan fingerprint density at radius 2 is 1.69 bits per heavy atom. The lowest BCUT2D eigenvalue weighted by molar-refractivity contribution is 0.219. The average Bonchev–Trinajstić information content (AvgIpc) is 3.04. The molecule has 0 unspecified atom stereocenters. The van der Waals surface area contributed by atoms with E-state index in [2.05, 4.69) is 4.90 Å². The molecule has 0 N–H and O–H groups in total. The summed E-state index contributed by atoms with van der Waals surface area (Å²) >= 11 is 0. The number of methoxy groups -OCH3 is 1. The summed E-state index contributed by atoms with van der Waals surface area (Å²) in [7, 11) is 1.85. The van der Waals surface area contributed by atoms with Crippen LogP contribution in [-0.2, 0) is 23.0 Å². The Labute approximate surface area is 214 Å². The second-order valence-corrected chi connectivity index (χ2v) is 11.2. The van der Waals surface area contributed by atoms with Crippen LogP contribution in [-0.4, -0.2) is 64.6 Å². The molecule has 0 saturated heterocycles. The van der Waals surface area contributed by atoms with Crippen molar-refractivity contribution in [1.29, 1.82) is 0 Å². The zero-order valence-electron chi connectivity index (χ0n) is 21.3. The van der Waals surface area contributed by atoms with Crippen molar-refractivity contribution in [3.63, 3.8) is 0 Å². The maximum Gasteiger partial charge on any atom is 0.243 e. The third-order valence-corrected chi connectivity index (χ3v) is 8.18. The minimum atomic E-state index is -3.77. The molecule has 1 heterocycles. The number of fused-ring (bicyclic) bond motifs is 1. The number of sulfonamides is 1. The summed E-state index contributed by atoms with van der Waals surface area (Å²) in [5.74, 6) is 2.11. The van der Waals surface area contributed by atoms with Gasteiger partial charge in [-0.25, -0.2) is 8.42 Å². The summed E-state index contributed by atoms with van der Waals surface area (Å²) in [6, 6.07) is 19.9. The zero-order chi connectivity index (χ0) is 25.7. The highest BCUT2D eigenvalue weighted by molar-refractivity contribution is 7.89. The Kier molecular flexibility index (Phi) is 8.18. The van der Waals surface area contributed by atoms with Gasteiger partial charge in [-0.05, 0) is 63.3 Å². The molecule has 0 radical (unpaired) electrons. The molecule has 1 aliphatic heterocycles. The van der Waals surface area contributed by atoms with Crippen LogP contribution in [0.2, 0.25) is 0 Å². The highest BCUT2D eigenvalue weighted by Gasteiger charge is 2.35. The topological polar surface area (TPSA) is 68.3 Å². The summed E-state index contributed by atoms with van der Waals surface area (Å²) < 4.78 is 46.5. The summed E-state index contributed by atoms with van der Waals surface area (Å²) in [5.41, 5.74) is 2.82. The van der Waals surface area contributed by atoms with E-state index in [4.69, 9.17) is 14.2 Å². The van der Waals surface area contributed by atoms with E-state index in [-0.39, 0.29) is 18.0 Å². The minimum absolute atomic E-state index is 0.214. The van der Waals surface area contributed by atoms with Crippen LogP contribution in [0.15, 0.2) is 71.6 Å². The molecule has 8 heteroatoms. The van der Waals surface area contributed by atoms with Crippen molar-refractivity contribution in [3.8, 4) is 17.2 Å². The Morgan fingerprint density at radius 1 is 1.00 bits per heavy atom. The summed E-state index contributed by atoms with van der Waals surface area (Å²) in [6.07, 6.45) is 0.508. The molecule has 4 rings (SSSR count). The van der Waals surface area contributed by atoms with Gasteiger partial charge in [0.15, 0.2) is 0 Å². The molecule has 0 amide bonds. The molecular weight excluding hydrogens is 476 g/mol. The lowest BCUT2D eigenvalue weighted by Crippen LogP contribution is -2.43. The predicted octanol–water partition coefficient (Wildman–Crippen LogP) is 4.14. The fourth-order valence-corrected chi connectivity index (χ4v) is 5.71. The Hall–Kier alpha value is -3.07. The van der Waals surface area contributed by atoms with Crippen molar-refractivity contribution in [2.75, 3.05) is 41.0 Å². The van der Waals surface area contributed by atoms with Gasteiger partial charge < -0.3 is 19.1 Å². The normalized spacial score (nSPS) is 16.2. The highest BCUT2D eigenvalue weighted by atomic mass is 32.2. The molecule has 0 saturated carbocycles. The van der Waals surface area contributed by atoms with Crippen LogP contribution in [0.25, 0.3) is 0 Å². The molecule has 0 bridgehead atoms. The van der Waals surface area contributed by atoms with E-state index in [9.17, 15) is 8.42 Å². The number of likely N-dealkylation sites (N-methyl/N-ethyl adjacent to an activating group) is 1. The quantitative estimate of drug-likeness (QED) is 0.431. The molecular formula is C28H34N2O5S. The standard InChI is InChI=1S/C28H34N2O5S/c1-21-5-13-27(14-6-21)36(31,32)30-19-23-9-12-26(33-4)18-28(23)35-20-24(30)17-22-7-10-25(11-8-22)34-16-15-29(2)3/h5-14,18,24H,15-17,19-20H2,1-4H3/t24-/m0/s1. The minimum Gasteiger partial charge on any atom is -0.497 e. The Morgan fingerprint density at radius 3 is 2.36 bits per heavy atom. The zero-order valence-corrected chi connectivity index (χ0v) is 22.1. The molecule has 0 aliphatic carbocycles.